The van der Waals surface area contributed by atoms with Gasteiger partial charge in [0.15, 0.2) is 6.61 Å². The van der Waals surface area contributed by atoms with Crippen molar-refractivity contribution in [2.45, 2.75) is 19.3 Å². The lowest BCUT2D eigenvalue weighted by molar-refractivity contribution is -0.385. The molecule has 0 aliphatic heterocycles. The van der Waals surface area contributed by atoms with Gasteiger partial charge in [0, 0.05) is 11.8 Å². The number of carbonyl (C=O) groups excluding carboxylic acids is 2. The van der Waals surface area contributed by atoms with Crippen LogP contribution in [0.25, 0.3) is 0 Å². The normalized spacial score (nSPS) is 12.3. The minimum atomic E-state index is -0.906. The third-order valence-electron chi connectivity index (χ3n) is 4.04. The Morgan fingerprint density at radius 1 is 1.12 bits per heavy atom. The molecular weight excluding hydrogens is 324 g/mol. The fraction of sp³-hybridized carbons (Fsp3) is 0.222. The molecule has 0 heterocycles. The number of hydrogen-bond donors (Lipinski definition) is 1. The number of amides is 1. The molecule has 2 aromatic carbocycles. The number of nitrogens with zero attached hydrogens (tertiary/aromatic N) is 1. The molecule has 3 rings (SSSR count). The lowest BCUT2D eigenvalue weighted by Gasteiger charge is -2.08. The van der Waals surface area contributed by atoms with E-state index in [2.05, 4.69) is 5.32 Å². The number of esters is 1. The molecule has 2 aromatic rings. The summed E-state index contributed by atoms with van der Waals surface area (Å²) in [6.07, 6.45) is 3.16. The third kappa shape index (κ3) is 3.82. The quantitative estimate of drug-likeness (QED) is 0.512. The average molecular weight is 340 g/mol. The Morgan fingerprint density at radius 2 is 1.88 bits per heavy atom. The maximum absolute atomic E-state index is 12.0. The van der Waals surface area contributed by atoms with Gasteiger partial charge in [-0.1, -0.05) is 18.2 Å². The van der Waals surface area contributed by atoms with Crippen LogP contribution in [0.1, 0.15) is 27.9 Å². The second-order valence-electron chi connectivity index (χ2n) is 5.74. The van der Waals surface area contributed by atoms with Crippen molar-refractivity contribution in [1.29, 1.82) is 0 Å². The largest absolute Gasteiger partial charge is 0.452 e. The van der Waals surface area contributed by atoms with Crippen LogP contribution in [0.5, 0.6) is 0 Å². The molecule has 0 unspecified atom stereocenters. The summed E-state index contributed by atoms with van der Waals surface area (Å²) < 4.78 is 4.89. The van der Waals surface area contributed by atoms with E-state index >= 15 is 0 Å². The topological polar surface area (TPSA) is 98.5 Å². The predicted octanol–water partition coefficient (Wildman–Crippen LogP) is 2.88. The molecular formula is C18H16N2O5. The van der Waals surface area contributed by atoms with Crippen molar-refractivity contribution in [1.82, 2.24) is 0 Å². The van der Waals surface area contributed by atoms with Gasteiger partial charge in [0.05, 0.1) is 4.92 Å². The third-order valence-corrected chi connectivity index (χ3v) is 4.04. The molecule has 0 aromatic heterocycles. The van der Waals surface area contributed by atoms with E-state index in [4.69, 9.17) is 4.74 Å². The molecule has 0 radical (unpaired) electrons. The number of nitro benzene ring substituents is 1. The number of nitro groups is 1. The number of rotatable bonds is 5. The smallest absolute Gasteiger partial charge is 0.345 e. The maximum atomic E-state index is 12.0. The number of para-hydroxylation sites is 1. The fourth-order valence-corrected chi connectivity index (χ4v) is 2.86. The van der Waals surface area contributed by atoms with Crippen LogP contribution in [0.3, 0.4) is 0 Å². The number of hydrogen-bond acceptors (Lipinski definition) is 5. The minimum Gasteiger partial charge on any atom is -0.452 e. The molecule has 0 spiro atoms. The first-order valence-corrected chi connectivity index (χ1v) is 7.87. The Kier molecular flexibility index (Phi) is 4.74. The van der Waals surface area contributed by atoms with Gasteiger partial charge in [-0.05, 0) is 48.6 Å². The number of benzene rings is 2. The zero-order chi connectivity index (χ0) is 17.8. The Labute approximate surface area is 143 Å². The summed E-state index contributed by atoms with van der Waals surface area (Å²) in [5.41, 5.74) is 2.62. The number of ether oxygens (including phenoxy) is 1. The fourth-order valence-electron chi connectivity index (χ4n) is 2.86. The Bertz CT molecular complexity index is 847. The van der Waals surface area contributed by atoms with Crippen molar-refractivity contribution in [2.24, 2.45) is 0 Å². The maximum Gasteiger partial charge on any atom is 0.345 e. The average Bonchev–Trinajstić information content (AvgIpc) is 3.07. The van der Waals surface area contributed by atoms with Crippen molar-refractivity contribution in [3.8, 4) is 0 Å². The summed E-state index contributed by atoms with van der Waals surface area (Å²) in [5, 5.41) is 13.6. The lowest BCUT2D eigenvalue weighted by Crippen LogP contribution is -2.21. The SMILES string of the molecule is O=C(COC(=O)c1ccccc1[N+](=O)[O-])Nc1ccc2c(c1)CCC2. The number of fused-ring (bicyclic) bond motifs is 1. The van der Waals surface area contributed by atoms with Crippen LogP contribution in [-0.4, -0.2) is 23.4 Å². The van der Waals surface area contributed by atoms with E-state index in [1.807, 2.05) is 18.2 Å². The first-order valence-electron chi connectivity index (χ1n) is 7.87. The van der Waals surface area contributed by atoms with Gasteiger partial charge in [-0.3, -0.25) is 14.9 Å². The highest BCUT2D eigenvalue weighted by Crippen LogP contribution is 2.25. The van der Waals surface area contributed by atoms with E-state index in [9.17, 15) is 19.7 Å². The summed E-state index contributed by atoms with van der Waals surface area (Å²) in [4.78, 5) is 34.2. The molecule has 7 nitrogen and oxygen atoms in total. The van der Waals surface area contributed by atoms with Crippen LogP contribution in [0.4, 0.5) is 11.4 Å². The van der Waals surface area contributed by atoms with Gasteiger partial charge in [-0.2, -0.15) is 0 Å². The molecule has 1 amide bonds. The second kappa shape index (κ2) is 7.12. The van der Waals surface area contributed by atoms with E-state index < -0.39 is 23.4 Å². The summed E-state index contributed by atoms with van der Waals surface area (Å²) in [7, 11) is 0. The molecule has 0 atom stereocenters. The molecule has 1 aliphatic carbocycles. The second-order valence-corrected chi connectivity index (χ2v) is 5.74. The van der Waals surface area contributed by atoms with Gasteiger partial charge in [0.25, 0.3) is 11.6 Å². The van der Waals surface area contributed by atoms with Crippen LogP contribution in [0.15, 0.2) is 42.5 Å². The van der Waals surface area contributed by atoms with E-state index in [1.54, 1.807) is 0 Å². The summed E-state index contributed by atoms with van der Waals surface area (Å²) >= 11 is 0. The van der Waals surface area contributed by atoms with Crippen LogP contribution in [0.2, 0.25) is 0 Å². The van der Waals surface area contributed by atoms with Crippen LogP contribution >= 0.6 is 0 Å². The van der Waals surface area contributed by atoms with Crippen molar-refractivity contribution < 1.29 is 19.2 Å². The predicted molar refractivity (Wildman–Crippen MR) is 90.5 cm³/mol. The summed E-state index contributed by atoms with van der Waals surface area (Å²) in [6, 6.07) is 11.2. The monoisotopic (exact) mass is 340 g/mol. The molecule has 25 heavy (non-hydrogen) atoms. The van der Waals surface area contributed by atoms with Gasteiger partial charge in [0.2, 0.25) is 0 Å². The molecule has 0 bridgehead atoms. The van der Waals surface area contributed by atoms with Gasteiger partial charge >= 0.3 is 5.97 Å². The summed E-state index contributed by atoms with van der Waals surface area (Å²) in [6.45, 7) is -0.512. The van der Waals surface area contributed by atoms with Gasteiger partial charge < -0.3 is 10.1 Å². The number of anilines is 1. The van der Waals surface area contributed by atoms with Crippen LogP contribution < -0.4 is 5.32 Å². The van der Waals surface area contributed by atoms with E-state index in [-0.39, 0.29) is 11.3 Å². The summed E-state index contributed by atoms with van der Waals surface area (Å²) in [5.74, 6) is -1.40. The number of carbonyl (C=O) groups is 2. The lowest BCUT2D eigenvalue weighted by atomic mass is 10.1. The first-order chi connectivity index (χ1) is 12.0. The zero-order valence-corrected chi connectivity index (χ0v) is 13.4. The highest BCUT2D eigenvalue weighted by atomic mass is 16.6. The highest BCUT2D eigenvalue weighted by molar-refractivity contribution is 5.97. The molecule has 0 saturated carbocycles. The Morgan fingerprint density at radius 3 is 2.68 bits per heavy atom. The molecule has 0 saturated heterocycles. The van der Waals surface area contributed by atoms with Gasteiger partial charge in [0.1, 0.15) is 5.56 Å². The van der Waals surface area contributed by atoms with E-state index in [0.717, 1.165) is 19.3 Å². The highest BCUT2D eigenvalue weighted by Gasteiger charge is 2.21. The first kappa shape index (κ1) is 16.6. The zero-order valence-electron chi connectivity index (χ0n) is 13.4. The molecule has 7 heteroatoms. The minimum absolute atomic E-state index is 0.183. The number of aryl methyl sites for hydroxylation is 2. The van der Waals surface area contributed by atoms with Crippen molar-refractivity contribution in [3.05, 3.63) is 69.3 Å². The molecule has 0 fully saturated rings. The van der Waals surface area contributed by atoms with E-state index in [0.29, 0.717) is 5.69 Å². The van der Waals surface area contributed by atoms with Gasteiger partial charge in [-0.15, -0.1) is 0 Å². The van der Waals surface area contributed by atoms with Crippen molar-refractivity contribution >= 4 is 23.3 Å². The Balaban J connectivity index is 1.59. The van der Waals surface area contributed by atoms with E-state index in [1.165, 1.54) is 35.4 Å². The Hall–Kier alpha value is -3.22. The van der Waals surface area contributed by atoms with Gasteiger partial charge in [-0.25, -0.2) is 4.79 Å². The number of nitrogens with one attached hydrogen (secondary N) is 1. The molecule has 1 N–H and O–H groups in total. The van der Waals surface area contributed by atoms with Crippen molar-refractivity contribution in [2.75, 3.05) is 11.9 Å². The molecule has 1 aliphatic rings. The van der Waals surface area contributed by atoms with Crippen LogP contribution in [0, 0.1) is 10.1 Å². The van der Waals surface area contributed by atoms with Crippen LogP contribution in [-0.2, 0) is 22.4 Å². The standard InChI is InChI=1S/C18H16N2O5/c21-17(19-14-9-8-12-4-3-5-13(12)10-14)11-25-18(22)15-6-1-2-7-16(15)20(23)24/h1-2,6-10H,3-5,11H2,(H,19,21). The molecule has 128 valence electrons. The van der Waals surface area contributed by atoms with Crippen molar-refractivity contribution in [3.63, 3.8) is 0 Å².